The highest BCUT2D eigenvalue weighted by molar-refractivity contribution is 7.15. The molecule has 6 nitrogen and oxygen atoms in total. The van der Waals surface area contributed by atoms with E-state index in [0.717, 1.165) is 51.8 Å². The zero-order chi connectivity index (χ0) is 20.2. The van der Waals surface area contributed by atoms with Crippen LogP contribution in [0, 0.1) is 13.8 Å². The molecule has 0 radical (unpaired) electrons. The summed E-state index contributed by atoms with van der Waals surface area (Å²) in [6, 6.07) is 6.28. The smallest absolute Gasteiger partial charge is 0.227 e. The number of benzene rings is 1. The molecule has 1 aromatic carbocycles. The standard InChI is InChI=1S/C21H20ClN5OS/c1-12-6-14(8-15(7-12)26-20-24-10-16(22)13(2)25-20)17-11-23-19(29-17)21-4-3-5-27(21)18(28)9-21/h6-8,10-11H,3-5,9H2,1-2H3,(H,24,25,26). The summed E-state index contributed by atoms with van der Waals surface area (Å²) in [7, 11) is 0. The maximum absolute atomic E-state index is 11.9. The van der Waals surface area contributed by atoms with Gasteiger partial charge in [-0.25, -0.2) is 15.0 Å². The van der Waals surface area contributed by atoms with Crippen molar-refractivity contribution in [1.29, 1.82) is 0 Å². The number of hydrogen-bond donors (Lipinski definition) is 1. The Bertz CT molecular complexity index is 1130. The zero-order valence-corrected chi connectivity index (χ0v) is 17.8. The second-order valence-corrected chi connectivity index (χ2v) is 9.16. The molecule has 8 heteroatoms. The summed E-state index contributed by atoms with van der Waals surface area (Å²) < 4.78 is 0. The number of nitrogens with zero attached hydrogens (tertiary/aromatic N) is 4. The monoisotopic (exact) mass is 425 g/mol. The Morgan fingerprint density at radius 1 is 1.21 bits per heavy atom. The maximum atomic E-state index is 11.9. The summed E-state index contributed by atoms with van der Waals surface area (Å²) in [6.07, 6.45) is 6.19. The first kappa shape index (κ1) is 18.5. The lowest BCUT2D eigenvalue weighted by molar-refractivity contribution is -0.153. The van der Waals surface area contributed by atoms with Crippen LogP contribution in [0.4, 0.5) is 11.6 Å². The van der Waals surface area contributed by atoms with Gasteiger partial charge in [-0.05, 0) is 49.9 Å². The molecule has 2 saturated heterocycles. The first-order valence-electron chi connectivity index (χ1n) is 9.60. The minimum Gasteiger partial charge on any atom is -0.330 e. The maximum Gasteiger partial charge on any atom is 0.227 e. The van der Waals surface area contributed by atoms with Crippen molar-refractivity contribution < 1.29 is 4.79 Å². The van der Waals surface area contributed by atoms with Crippen LogP contribution in [0.5, 0.6) is 0 Å². The van der Waals surface area contributed by atoms with Crippen molar-refractivity contribution in [2.24, 2.45) is 0 Å². The molecule has 2 aromatic heterocycles. The second-order valence-electron chi connectivity index (χ2n) is 7.73. The van der Waals surface area contributed by atoms with Crippen molar-refractivity contribution in [2.45, 2.75) is 38.6 Å². The molecular formula is C21H20ClN5OS. The average molecular weight is 426 g/mol. The third-order valence-electron chi connectivity index (χ3n) is 5.67. The number of β-lactam (4-membered cyclic amide) rings is 1. The summed E-state index contributed by atoms with van der Waals surface area (Å²) in [4.78, 5) is 28.4. The van der Waals surface area contributed by atoms with Gasteiger partial charge in [0.05, 0.1) is 28.2 Å². The zero-order valence-electron chi connectivity index (χ0n) is 16.2. The Hall–Kier alpha value is -2.51. The van der Waals surface area contributed by atoms with Crippen LogP contribution in [0.15, 0.2) is 30.6 Å². The molecule has 1 amide bonds. The van der Waals surface area contributed by atoms with Gasteiger partial charge >= 0.3 is 0 Å². The van der Waals surface area contributed by atoms with E-state index in [9.17, 15) is 4.79 Å². The van der Waals surface area contributed by atoms with Crippen molar-refractivity contribution in [3.8, 4) is 10.4 Å². The summed E-state index contributed by atoms with van der Waals surface area (Å²) >= 11 is 7.71. The summed E-state index contributed by atoms with van der Waals surface area (Å²) in [5.74, 6) is 0.765. The number of thiazole rings is 1. The molecule has 3 aromatic rings. The second kappa shape index (κ2) is 6.78. The molecule has 2 aliphatic heterocycles. The summed E-state index contributed by atoms with van der Waals surface area (Å²) in [5.41, 5.74) is 3.72. The molecule has 2 aliphatic rings. The normalized spacial score (nSPS) is 20.5. The molecular weight excluding hydrogens is 406 g/mol. The third kappa shape index (κ3) is 3.09. The number of amides is 1. The molecule has 148 valence electrons. The van der Waals surface area contributed by atoms with E-state index >= 15 is 0 Å². The van der Waals surface area contributed by atoms with Crippen LogP contribution < -0.4 is 5.32 Å². The number of anilines is 2. The highest BCUT2D eigenvalue weighted by atomic mass is 35.5. The molecule has 1 unspecified atom stereocenters. The Balaban J connectivity index is 1.44. The number of halogens is 1. The van der Waals surface area contributed by atoms with E-state index in [1.807, 2.05) is 18.0 Å². The lowest BCUT2D eigenvalue weighted by atomic mass is 9.85. The molecule has 0 spiro atoms. The van der Waals surface area contributed by atoms with Gasteiger partial charge in [-0.2, -0.15) is 0 Å². The SMILES string of the molecule is Cc1cc(Nc2ncc(Cl)c(C)n2)cc(-c2cnc(C34CCCN3C(=O)C4)s2)c1. The van der Waals surface area contributed by atoms with Gasteiger partial charge in [0.15, 0.2) is 0 Å². The van der Waals surface area contributed by atoms with E-state index in [-0.39, 0.29) is 11.4 Å². The van der Waals surface area contributed by atoms with Gasteiger partial charge in [0.2, 0.25) is 11.9 Å². The van der Waals surface area contributed by atoms with Gasteiger partial charge in [-0.15, -0.1) is 11.3 Å². The first-order valence-corrected chi connectivity index (χ1v) is 10.8. The minimum atomic E-state index is -0.153. The van der Waals surface area contributed by atoms with E-state index in [4.69, 9.17) is 16.6 Å². The van der Waals surface area contributed by atoms with Crippen molar-refractivity contribution in [3.63, 3.8) is 0 Å². The van der Waals surface area contributed by atoms with Gasteiger partial charge in [0.25, 0.3) is 0 Å². The Labute approximate surface area is 178 Å². The predicted octanol–water partition coefficient (Wildman–Crippen LogP) is 4.84. The lowest BCUT2D eigenvalue weighted by Gasteiger charge is -2.45. The average Bonchev–Trinajstić information content (AvgIpc) is 3.29. The van der Waals surface area contributed by atoms with Crippen LogP contribution in [-0.4, -0.2) is 32.3 Å². The van der Waals surface area contributed by atoms with Gasteiger partial charge in [-0.1, -0.05) is 17.7 Å². The van der Waals surface area contributed by atoms with Gasteiger partial charge in [-0.3, -0.25) is 4.79 Å². The van der Waals surface area contributed by atoms with Gasteiger partial charge < -0.3 is 10.2 Å². The van der Waals surface area contributed by atoms with Crippen LogP contribution in [-0.2, 0) is 10.3 Å². The molecule has 5 rings (SSSR count). The van der Waals surface area contributed by atoms with Crippen LogP contribution in [0.1, 0.15) is 35.5 Å². The Kier molecular flexibility index (Phi) is 4.33. The first-order chi connectivity index (χ1) is 13.9. The molecule has 29 heavy (non-hydrogen) atoms. The van der Waals surface area contributed by atoms with Crippen molar-refractivity contribution in [2.75, 3.05) is 11.9 Å². The number of nitrogens with one attached hydrogen (secondary N) is 1. The Morgan fingerprint density at radius 2 is 2.07 bits per heavy atom. The molecule has 2 fully saturated rings. The van der Waals surface area contributed by atoms with Crippen LogP contribution >= 0.6 is 22.9 Å². The van der Waals surface area contributed by atoms with E-state index in [1.165, 1.54) is 0 Å². The van der Waals surface area contributed by atoms with Crippen molar-refractivity contribution in [1.82, 2.24) is 19.9 Å². The fourth-order valence-corrected chi connectivity index (χ4v) is 5.46. The number of aryl methyl sites for hydroxylation is 2. The quantitative estimate of drug-likeness (QED) is 0.606. The number of rotatable bonds is 4. The fraction of sp³-hybridized carbons (Fsp3) is 0.333. The van der Waals surface area contributed by atoms with E-state index in [0.29, 0.717) is 17.4 Å². The number of carbonyl (C=O) groups excluding carboxylic acids is 1. The number of carbonyl (C=O) groups is 1. The van der Waals surface area contributed by atoms with Gasteiger partial charge in [0, 0.05) is 18.4 Å². The van der Waals surface area contributed by atoms with Crippen molar-refractivity contribution >= 4 is 40.5 Å². The van der Waals surface area contributed by atoms with Crippen molar-refractivity contribution in [3.05, 3.63) is 51.9 Å². The molecule has 0 saturated carbocycles. The predicted molar refractivity (Wildman–Crippen MR) is 115 cm³/mol. The van der Waals surface area contributed by atoms with E-state index in [1.54, 1.807) is 17.5 Å². The highest BCUT2D eigenvalue weighted by Crippen LogP contribution is 2.51. The number of hydrogen-bond acceptors (Lipinski definition) is 6. The lowest BCUT2D eigenvalue weighted by Crippen LogP contribution is -2.57. The van der Waals surface area contributed by atoms with E-state index in [2.05, 4.69) is 40.4 Å². The summed E-state index contributed by atoms with van der Waals surface area (Å²) in [5, 5.41) is 4.87. The van der Waals surface area contributed by atoms with E-state index < -0.39 is 0 Å². The molecule has 0 bridgehead atoms. The minimum absolute atomic E-state index is 0.153. The topological polar surface area (TPSA) is 71.0 Å². The number of fused-ring (bicyclic) bond motifs is 1. The van der Waals surface area contributed by atoms with Crippen LogP contribution in [0.25, 0.3) is 10.4 Å². The largest absolute Gasteiger partial charge is 0.330 e. The van der Waals surface area contributed by atoms with Gasteiger partial charge in [0.1, 0.15) is 10.5 Å². The third-order valence-corrected chi connectivity index (χ3v) is 7.29. The molecule has 1 N–H and O–H groups in total. The van der Waals surface area contributed by atoms with Crippen LogP contribution in [0.2, 0.25) is 5.02 Å². The molecule has 0 aliphatic carbocycles. The number of aromatic nitrogens is 3. The Morgan fingerprint density at radius 3 is 2.86 bits per heavy atom. The summed E-state index contributed by atoms with van der Waals surface area (Å²) in [6.45, 7) is 4.77. The fourth-order valence-electron chi connectivity index (χ4n) is 4.24. The molecule has 4 heterocycles. The highest BCUT2D eigenvalue weighted by Gasteiger charge is 2.56. The molecule has 1 atom stereocenters. The van der Waals surface area contributed by atoms with Crippen LogP contribution in [0.3, 0.4) is 0 Å².